The number of fused-ring (bicyclic) bond motifs is 1. The third-order valence-corrected chi connectivity index (χ3v) is 3.54. The molecule has 5 nitrogen and oxygen atoms in total. The number of rotatable bonds is 5. The molecule has 3 rings (SSSR count). The van der Waals surface area contributed by atoms with E-state index in [0.717, 1.165) is 10.9 Å². The van der Waals surface area contributed by atoms with Crippen LogP contribution in [0.2, 0.25) is 0 Å². The summed E-state index contributed by atoms with van der Waals surface area (Å²) in [5.74, 6) is 0.248. The molecule has 0 atom stereocenters. The van der Waals surface area contributed by atoms with Gasteiger partial charge >= 0.3 is 0 Å². The fraction of sp³-hybridized carbons (Fsp3) is 0.105. The fourth-order valence-electron chi connectivity index (χ4n) is 2.33. The van der Waals surface area contributed by atoms with Crippen molar-refractivity contribution in [2.45, 2.75) is 6.92 Å². The number of carbonyl (C=O) groups is 2. The highest BCUT2D eigenvalue weighted by Crippen LogP contribution is 2.20. The van der Waals surface area contributed by atoms with Gasteiger partial charge in [0.15, 0.2) is 12.4 Å². The average molecular weight is 320 g/mol. The lowest BCUT2D eigenvalue weighted by Crippen LogP contribution is -2.20. The van der Waals surface area contributed by atoms with E-state index in [1.807, 2.05) is 24.3 Å². The number of carbonyl (C=O) groups excluding carboxylic acids is 2. The van der Waals surface area contributed by atoms with Crippen LogP contribution in [0, 0.1) is 0 Å². The Morgan fingerprint density at radius 2 is 1.79 bits per heavy atom. The van der Waals surface area contributed by atoms with E-state index in [-0.39, 0.29) is 18.3 Å². The zero-order valence-corrected chi connectivity index (χ0v) is 13.2. The Labute approximate surface area is 139 Å². The van der Waals surface area contributed by atoms with Crippen LogP contribution in [0.15, 0.2) is 60.8 Å². The number of Topliss-reactive ketones (excluding diaryl/α,β-unsaturated/α-hetero) is 1. The largest absolute Gasteiger partial charge is 0.484 e. The van der Waals surface area contributed by atoms with Crippen LogP contribution in [0.25, 0.3) is 10.9 Å². The Morgan fingerprint density at radius 3 is 2.54 bits per heavy atom. The van der Waals surface area contributed by atoms with Gasteiger partial charge in [-0.05, 0) is 43.3 Å². The summed E-state index contributed by atoms with van der Waals surface area (Å²) in [6.45, 7) is 1.38. The number of pyridine rings is 1. The van der Waals surface area contributed by atoms with Crippen molar-refractivity contribution < 1.29 is 14.3 Å². The summed E-state index contributed by atoms with van der Waals surface area (Å²) in [5, 5.41) is 3.76. The van der Waals surface area contributed by atoms with E-state index in [0.29, 0.717) is 17.0 Å². The molecule has 1 amide bonds. The fourth-order valence-corrected chi connectivity index (χ4v) is 2.33. The van der Waals surface area contributed by atoms with Crippen LogP contribution < -0.4 is 10.1 Å². The molecule has 0 unspecified atom stereocenters. The predicted molar refractivity (Wildman–Crippen MR) is 92.3 cm³/mol. The molecular weight excluding hydrogens is 304 g/mol. The maximum Gasteiger partial charge on any atom is 0.262 e. The summed E-state index contributed by atoms with van der Waals surface area (Å²) in [5.41, 5.74) is 1.99. The number of para-hydroxylation sites is 1. The highest BCUT2D eigenvalue weighted by atomic mass is 16.5. The van der Waals surface area contributed by atoms with Crippen LogP contribution in [0.1, 0.15) is 17.3 Å². The van der Waals surface area contributed by atoms with Gasteiger partial charge in [0.25, 0.3) is 5.91 Å². The number of hydrogen-bond acceptors (Lipinski definition) is 4. The van der Waals surface area contributed by atoms with Crippen molar-refractivity contribution in [2.75, 3.05) is 11.9 Å². The van der Waals surface area contributed by atoms with Gasteiger partial charge in [-0.2, -0.15) is 0 Å². The Balaban J connectivity index is 1.64. The highest BCUT2D eigenvalue weighted by Gasteiger charge is 2.08. The molecule has 0 fully saturated rings. The maximum absolute atomic E-state index is 12.1. The number of nitrogens with zero attached hydrogens (tertiary/aromatic N) is 1. The van der Waals surface area contributed by atoms with Gasteiger partial charge in [-0.1, -0.05) is 18.2 Å². The summed E-state index contributed by atoms with van der Waals surface area (Å²) in [4.78, 5) is 27.6. The van der Waals surface area contributed by atoms with E-state index in [2.05, 4.69) is 10.3 Å². The Kier molecular flexibility index (Phi) is 4.52. The molecule has 0 saturated heterocycles. The summed E-state index contributed by atoms with van der Waals surface area (Å²) in [6.07, 6.45) is 1.69. The number of aromatic nitrogens is 1. The van der Waals surface area contributed by atoms with Crippen molar-refractivity contribution in [2.24, 2.45) is 0 Å². The number of hydrogen-bond donors (Lipinski definition) is 1. The second kappa shape index (κ2) is 6.91. The lowest BCUT2D eigenvalue weighted by atomic mass is 10.1. The van der Waals surface area contributed by atoms with Crippen LogP contribution in [0.5, 0.6) is 5.75 Å². The normalized spacial score (nSPS) is 10.4. The van der Waals surface area contributed by atoms with E-state index >= 15 is 0 Å². The molecule has 120 valence electrons. The second-order valence-electron chi connectivity index (χ2n) is 5.30. The summed E-state index contributed by atoms with van der Waals surface area (Å²) in [6, 6.07) is 16.1. The minimum absolute atomic E-state index is 0.0113. The van der Waals surface area contributed by atoms with Gasteiger partial charge in [0.2, 0.25) is 0 Å². The van der Waals surface area contributed by atoms with Crippen molar-refractivity contribution in [3.8, 4) is 5.75 Å². The third kappa shape index (κ3) is 3.57. The van der Waals surface area contributed by atoms with E-state index in [9.17, 15) is 9.59 Å². The van der Waals surface area contributed by atoms with Crippen molar-refractivity contribution in [3.63, 3.8) is 0 Å². The lowest BCUT2D eigenvalue weighted by molar-refractivity contribution is -0.118. The lowest BCUT2D eigenvalue weighted by Gasteiger charge is -2.09. The maximum atomic E-state index is 12.1. The molecular formula is C19H16N2O3. The first-order valence-electron chi connectivity index (χ1n) is 7.51. The second-order valence-corrected chi connectivity index (χ2v) is 5.30. The van der Waals surface area contributed by atoms with Crippen LogP contribution in [-0.2, 0) is 4.79 Å². The van der Waals surface area contributed by atoms with Gasteiger partial charge in [-0.3, -0.25) is 14.6 Å². The molecule has 5 heteroatoms. The van der Waals surface area contributed by atoms with Gasteiger partial charge < -0.3 is 10.1 Å². The zero-order valence-electron chi connectivity index (χ0n) is 13.2. The van der Waals surface area contributed by atoms with E-state index in [1.165, 1.54) is 6.92 Å². The van der Waals surface area contributed by atoms with Gasteiger partial charge in [-0.25, -0.2) is 0 Å². The van der Waals surface area contributed by atoms with Crippen LogP contribution in [0.4, 0.5) is 5.69 Å². The molecule has 0 spiro atoms. The average Bonchev–Trinajstić information content (AvgIpc) is 2.61. The van der Waals surface area contributed by atoms with Gasteiger partial charge in [0.05, 0.1) is 11.2 Å². The quantitative estimate of drug-likeness (QED) is 0.731. The first-order chi connectivity index (χ1) is 11.6. The van der Waals surface area contributed by atoms with Crippen LogP contribution in [0.3, 0.4) is 0 Å². The monoisotopic (exact) mass is 320 g/mol. The molecule has 0 bridgehead atoms. The van der Waals surface area contributed by atoms with E-state index in [1.54, 1.807) is 36.5 Å². The van der Waals surface area contributed by atoms with Crippen molar-refractivity contribution in [1.29, 1.82) is 0 Å². The molecule has 1 heterocycles. The molecule has 1 aromatic heterocycles. The summed E-state index contributed by atoms with van der Waals surface area (Å²) >= 11 is 0. The van der Waals surface area contributed by atoms with Gasteiger partial charge in [-0.15, -0.1) is 0 Å². The number of ether oxygens (including phenoxy) is 1. The molecule has 24 heavy (non-hydrogen) atoms. The first-order valence-corrected chi connectivity index (χ1v) is 7.51. The smallest absolute Gasteiger partial charge is 0.262 e. The van der Waals surface area contributed by atoms with E-state index < -0.39 is 0 Å². The molecule has 0 aliphatic carbocycles. The number of ketones is 1. The molecule has 0 saturated carbocycles. The van der Waals surface area contributed by atoms with Crippen molar-refractivity contribution >= 4 is 28.3 Å². The molecule has 0 aliphatic rings. The number of benzene rings is 2. The van der Waals surface area contributed by atoms with Crippen molar-refractivity contribution in [1.82, 2.24) is 4.98 Å². The standard InChI is InChI=1S/C19H16N2O3/c1-13(22)14-7-9-16(10-8-14)24-12-18(23)21-17-6-2-4-15-5-3-11-20-19(15)17/h2-11H,12H2,1H3,(H,21,23). The SMILES string of the molecule is CC(=O)c1ccc(OCC(=O)Nc2cccc3cccnc23)cc1. The molecule has 0 radical (unpaired) electrons. The minimum atomic E-state index is -0.274. The minimum Gasteiger partial charge on any atom is -0.484 e. The Morgan fingerprint density at radius 1 is 1.04 bits per heavy atom. The number of amides is 1. The molecule has 2 aromatic carbocycles. The summed E-state index contributed by atoms with van der Waals surface area (Å²) in [7, 11) is 0. The van der Waals surface area contributed by atoms with Crippen LogP contribution in [-0.4, -0.2) is 23.3 Å². The molecule has 3 aromatic rings. The third-order valence-electron chi connectivity index (χ3n) is 3.54. The predicted octanol–water partition coefficient (Wildman–Crippen LogP) is 3.45. The Bertz CT molecular complexity index is 883. The molecule has 1 N–H and O–H groups in total. The zero-order chi connectivity index (χ0) is 16.9. The van der Waals surface area contributed by atoms with Crippen LogP contribution >= 0.6 is 0 Å². The number of nitrogens with one attached hydrogen (secondary N) is 1. The first kappa shape index (κ1) is 15.7. The summed E-state index contributed by atoms with van der Waals surface area (Å²) < 4.78 is 5.44. The highest BCUT2D eigenvalue weighted by molar-refractivity contribution is 6.00. The van der Waals surface area contributed by atoms with Crippen molar-refractivity contribution in [3.05, 3.63) is 66.4 Å². The molecule has 0 aliphatic heterocycles. The Hall–Kier alpha value is -3.21. The number of anilines is 1. The topological polar surface area (TPSA) is 68.3 Å². The van der Waals surface area contributed by atoms with Gasteiger partial charge in [0, 0.05) is 17.1 Å². The van der Waals surface area contributed by atoms with Gasteiger partial charge in [0.1, 0.15) is 5.75 Å². The van der Waals surface area contributed by atoms with E-state index in [4.69, 9.17) is 4.74 Å².